The van der Waals surface area contributed by atoms with E-state index in [0.29, 0.717) is 45.2 Å². The molecular formula is C63H81Cl2N19O14. The highest BCUT2D eigenvalue weighted by molar-refractivity contribution is 6.42. The third-order valence-corrected chi connectivity index (χ3v) is 16.7. The van der Waals surface area contributed by atoms with E-state index in [1.807, 2.05) is 0 Å². The lowest BCUT2D eigenvalue weighted by Crippen LogP contribution is -2.61. The van der Waals surface area contributed by atoms with Crippen molar-refractivity contribution in [1.29, 1.82) is 0 Å². The van der Waals surface area contributed by atoms with Gasteiger partial charge in [-0.3, -0.25) is 57.7 Å². The van der Waals surface area contributed by atoms with E-state index < -0.39 is 145 Å². The third-order valence-electron chi connectivity index (χ3n) is 16.0. The van der Waals surface area contributed by atoms with E-state index in [2.05, 4.69) is 72.4 Å². The molecule has 0 bridgehead atoms. The number of nitrogens with two attached hydrogens (primary N) is 4. The standard InChI is InChI=1S/C63H81Cl2N19O14/c1-31(2)19-44(55(91)77-41(9-5-17-71-63(68)69)62(98)84-18-6-10-50(84)61(97)73-28-51(67)87)79-59(95)48(25-52-75-42-23-37(64)38(65)24-43(42)76-52)82-56(92)45(20-32-11-13-35(86)14-12-32)80-60(96)49(29-85)83-57(93)46(21-33-26-72-40-8-4-3-7-36(33)40)81-58(94)47(22-34-27-70-30-74-34)78-54(90)39(66)15-16-53(88)89/h3-4,7-8,11-14,23-24,26-27,30-31,39,41,44-50,72,85-86H,5-6,9-10,15-22,25,28-29,66H2,1-2H3,(H2,67,87)(H,70,74)(H,73,97)(H,75,76)(H,77,91)(H,78,90)(H,79,95)(H,80,96)(H,81,94)(H,82,92)(H,83,93)(H,88,89)(H4,68,69,71)/t39-,41-,44-,45-,46-,47-,48-,49-,50+/m0/s1. The Labute approximate surface area is 570 Å². The number of amides is 10. The van der Waals surface area contributed by atoms with Crippen LogP contribution in [0.5, 0.6) is 5.75 Å². The van der Waals surface area contributed by atoms with Gasteiger partial charge in [-0.1, -0.05) is 67.4 Å². The van der Waals surface area contributed by atoms with Gasteiger partial charge in [0.2, 0.25) is 59.1 Å². The highest BCUT2D eigenvalue weighted by atomic mass is 35.5. The Kier molecular flexibility index (Phi) is 27.2. The number of fused-ring (bicyclic) bond motifs is 2. The number of phenols is 1. The van der Waals surface area contributed by atoms with Crippen molar-refractivity contribution in [2.75, 3.05) is 26.2 Å². The number of nitrogens with one attached hydrogen (secondary N) is 11. The normalized spacial score (nSPS) is 15.3. The van der Waals surface area contributed by atoms with Crippen LogP contribution in [0.15, 0.2) is 84.4 Å². The lowest BCUT2D eigenvalue weighted by atomic mass is 10.0. The Hall–Kier alpha value is -10.4. The van der Waals surface area contributed by atoms with Crippen molar-refractivity contribution in [1.82, 2.24) is 72.4 Å². The van der Waals surface area contributed by atoms with Crippen LogP contribution in [0, 0.1) is 5.92 Å². The minimum atomic E-state index is -1.87. The SMILES string of the molecule is CC(C)C[C@H](NC(=O)[C@H](Cc1nc2cc(Cl)c(Cl)cc2[nH]1)NC(=O)[C@H](Cc1ccc(O)cc1)NC(=O)[C@H](CO)NC(=O)[C@H](Cc1c[nH]c2ccccc12)NC(=O)[C@H](Cc1cnc[nH]1)NC(=O)[C@@H](N)CCC(=O)O)C(=O)N[C@@H](CCCN=C(N)N)C(=O)N1CCC[C@@H]1C(=O)NCC(N)=O. The van der Waals surface area contributed by atoms with Gasteiger partial charge in [0.15, 0.2) is 5.96 Å². The minimum absolute atomic E-state index is 0.0377. The number of imidazole rings is 2. The zero-order chi connectivity index (χ0) is 71.3. The second-order valence-electron chi connectivity index (χ2n) is 24.0. The molecule has 6 aromatic rings. The summed E-state index contributed by atoms with van der Waals surface area (Å²) in [4.78, 5) is 175. The van der Waals surface area contributed by atoms with Gasteiger partial charge in [-0.15, -0.1) is 0 Å². The number of hydrogen-bond donors (Lipinski definition) is 18. The Morgan fingerprint density at radius 1 is 0.704 bits per heavy atom. The van der Waals surface area contributed by atoms with E-state index in [0.717, 1.165) is 0 Å². The summed E-state index contributed by atoms with van der Waals surface area (Å²) in [6.45, 7) is 2.12. The maximum atomic E-state index is 15.1. The van der Waals surface area contributed by atoms with Crippen molar-refractivity contribution in [3.8, 4) is 5.75 Å². The second-order valence-corrected chi connectivity index (χ2v) is 24.8. The van der Waals surface area contributed by atoms with E-state index in [9.17, 15) is 58.5 Å². The smallest absolute Gasteiger partial charge is 0.303 e. The molecule has 526 valence electrons. The van der Waals surface area contributed by atoms with E-state index in [1.54, 1.807) is 44.3 Å². The van der Waals surface area contributed by atoms with Crippen molar-refractivity contribution in [3.05, 3.63) is 112 Å². The number of carbonyl (C=O) groups is 11. The number of H-pyrrole nitrogens is 3. The monoisotopic (exact) mass is 1400 g/mol. The molecule has 98 heavy (non-hydrogen) atoms. The molecule has 0 unspecified atom stereocenters. The zero-order valence-electron chi connectivity index (χ0n) is 53.6. The Morgan fingerprint density at radius 3 is 1.93 bits per heavy atom. The number of guanidine groups is 1. The summed E-state index contributed by atoms with van der Waals surface area (Å²) in [6, 6.07) is 2.19. The number of aromatic amines is 3. The van der Waals surface area contributed by atoms with Gasteiger partial charge in [0.05, 0.1) is 46.6 Å². The summed E-state index contributed by atoms with van der Waals surface area (Å²) in [5.74, 6) is -10.7. The van der Waals surface area contributed by atoms with E-state index in [1.165, 1.54) is 53.8 Å². The van der Waals surface area contributed by atoms with Crippen LogP contribution in [-0.2, 0) is 78.4 Å². The Morgan fingerprint density at radius 2 is 1.30 bits per heavy atom. The largest absolute Gasteiger partial charge is 0.508 e. The Balaban J connectivity index is 1.17. The van der Waals surface area contributed by atoms with Gasteiger partial charge < -0.3 is 101 Å². The van der Waals surface area contributed by atoms with Gasteiger partial charge in [-0.05, 0) is 85.9 Å². The Bertz CT molecular complexity index is 3820. The molecule has 9 atom stereocenters. The molecule has 3 aromatic carbocycles. The van der Waals surface area contributed by atoms with Gasteiger partial charge in [0.25, 0.3) is 0 Å². The number of carboxylic acid groups (broad SMARTS) is 1. The summed E-state index contributed by atoms with van der Waals surface area (Å²) in [7, 11) is 0. The highest BCUT2D eigenvalue weighted by Gasteiger charge is 2.40. The molecule has 22 N–H and O–H groups in total. The lowest BCUT2D eigenvalue weighted by molar-refractivity contribution is -0.142. The number of nitrogens with zero attached hydrogens (tertiary/aromatic N) is 4. The van der Waals surface area contributed by atoms with Crippen LogP contribution < -0.4 is 65.5 Å². The van der Waals surface area contributed by atoms with Gasteiger partial charge in [0, 0.05) is 74.2 Å². The number of aliphatic imine (C=N–C) groups is 1. The first kappa shape index (κ1) is 75.0. The first-order chi connectivity index (χ1) is 46.7. The maximum absolute atomic E-state index is 15.1. The number of halogens is 2. The molecule has 10 amide bonds. The fourth-order valence-electron chi connectivity index (χ4n) is 11.0. The number of aliphatic hydroxyl groups excluding tert-OH is 1. The van der Waals surface area contributed by atoms with Crippen LogP contribution in [0.3, 0.4) is 0 Å². The molecule has 4 heterocycles. The molecule has 1 aliphatic heterocycles. The topological polar surface area (TPSA) is 538 Å². The fraction of sp³-hybridized carbons (Fsp3) is 0.429. The first-order valence-corrected chi connectivity index (χ1v) is 32.2. The van der Waals surface area contributed by atoms with Crippen molar-refractivity contribution in [2.45, 2.75) is 139 Å². The van der Waals surface area contributed by atoms with Crippen LogP contribution in [-0.4, -0.2) is 197 Å². The molecule has 0 spiro atoms. The quantitative estimate of drug-likeness (QED) is 0.0119. The lowest BCUT2D eigenvalue weighted by Gasteiger charge is -2.30. The number of hydrogen-bond acceptors (Lipinski definition) is 17. The summed E-state index contributed by atoms with van der Waals surface area (Å²) >= 11 is 12.7. The number of aromatic nitrogens is 5. The second kappa shape index (κ2) is 35.6. The number of rotatable bonds is 36. The van der Waals surface area contributed by atoms with Crippen molar-refractivity contribution in [2.24, 2.45) is 33.8 Å². The summed E-state index contributed by atoms with van der Waals surface area (Å²) in [6.07, 6.45) is 3.06. The first-order valence-electron chi connectivity index (χ1n) is 31.4. The number of aliphatic hydroxyl groups is 1. The van der Waals surface area contributed by atoms with Crippen LogP contribution in [0.2, 0.25) is 10.0 Å². The molecule has 1 aliphatic rings. The van der Waals surface area contributed by atoms with Gasteiger partial charge in [-0.25, -0.2) is 9.97 Å². The fourth-order valence-corrected chi connectivity index (χ4v) is 11.3. The zero-order valence-corrected chi connectivity index (χ0v) is 55.1. The number of likely N-dealkylation sites (tertiary alicyclic amines) is 1. The minimum Gasteiger partial charge on any atom is -0.508 e. The number of phenolic OH excluding ortho intramolecular Hbond substituents is 1. The van der Waals surface area contributed by atoms with E-state index in [-0.39, 0.29) is 98.0 Å². The molecule has 0 saturated carbocycles. The van der Waals surface area contributed by atoms with Gasteiger partial charge >= 0.3 is 5.97 Å². The van der Waals surface area contributed by atoms with Crippen molar-refractivity contribution >= 4 is 116 Å². The molecule has 3 aromatic heterocycles. The molecule has 7 rings (SSSR count). The number of primary amides is 1. The number of aliphatic carboxylic acids is 1. The molecular weight excluding hydrogens is 1320 g/mol. The summed E-state index contributed by atoms with van der Waals surface area (Å²) in [5, 5.41) is 52.2. The summed E-state index contributed by atoms with van der Waals surface area (Å²) in [5.41, 5.74) is 25.0. The molecule has 1 saturated heterocycles. The van der Waals surface area contributed by atoms with Gasteiger partial charge in [0.1, 0.15) is 59.9 Å². The van der Waals surface area contributed by atoms with Crippen LogP contribution >= 0.6 is 23.2 Å². The van der Waals surface area contributed by atoms with E-state index >= 15 is 9.59 Å². The molecule has 0 aliphatic carbocycles. The average molecular weight is 1400 g/mol. The van der Waals surface area contributed by atoms with E-state index in [4.69, 9.17) is 46.1 Å². The molecule has 1 fully saturated rings. The highest BCUT2D eigenvalue weighted by Crippen LogP contribution is 2.28. The summed E-state index contributed by atoms with van der Waals surface area (Å²) < 4.78 is 0. The number of benzene rings is 3. The predicted molar refractivity (Wildman–Crippen MR) is 358 cm³/mol. The van der Waals surface area contributed by atoms with Crippen LogP contribution in [0.1, 0.15) is 81.4 Å². The number of carbonyl (C=O) groups excluding carboxylic acids is 10. The predicted octanol–water partition coefficient (Wildman–Crippen LogP) is -1.68. The van der Waals surface area contributed by atoms with Crippen LogP contribution in [0.25, 0.3) is 21.9 Å². The van der Waals surface area contributed by atoms with Crippen molar-refractivity contribution in [3.63, 3.8) is 0 Å². The number of para-hydroxylation sites is 1. The van der Waals surface area contributed by atoms with Crippen molar-refractivity contribution < 1.29 is 68.1 Å². The number of aromatic hydroxyl groups is 1. The average Bonchev–Trinajstić information content (AvgIpc) is 1.65. The molecule has 35 heteroatoms. The van der Waals surface area contributed by atoms with Gasteiger partial charge in [-0.2, -0.15) is 0 Å². The number of carboxylic acids is 1. The third kappa shape index (κ3) is 21.8. The van der Waals surface area contributed by atoms with Crippen LogP contribution in [0.4, 0.5) is 0 Å². The molecule has 33 nitrogen and oxygen atoms in total. The maximum Gasteiger partial charge on any atom is 0.303 e. The molecule has 0 radical (unpaired) electrons.